The average Bonchev–Trinajstić information content (AvgIpc) is 2.73. The molecule has 3 heterocycles. The van der Waals surface area contributed by atoms with E-state index in [1.165, 1.54) is 30.5 Å². The number of fused-ring (bicyclic) bond motifs is 1. The highest BCUT2D eigenvalue weighted by Crippen LogP contribution is 2.31. The average molecular weight is 358 g/mol. The van der Waals surface area contributed by atoms with Gasteiger partial charge in [-0.05, 0) is 25.7 Å². The molecule has 0 unspecified atom stereocenters. The number of anilines is 1. The van der Waals surface area contributed by atoms with E-state index in [0.29, 0.717) is 5.91 Å². The number of piperidine rings is 1. The Bertz CT molecular complexity index is 639. The molecule has 1 saturated carbocycles. The lowest BCUT2D eigenvalue weighted by Gasteiger charge is -2.35. The van der Waals surface area contributed by atoms with Crippen molar-refractivity contribution in [2.75, 3.05) is 32.0 Å². The fourth-order valence-electron chi connectivity index (χ4n) is 4.75. The molecule has 2 aliphatic heterocycles. The van der Waals surface area contributed by atoms with Crippen LogP contribution in [0.5, 0.6) is 0 Å². The second-order valence-corrected chi connectivity index (χ2v) is 7.99. The van der Waals surface area contributed by atoms with Crippen molar-refractivity contribution in [3.8, 4) is 0 Å². The van der Waals surface area contributed by atoms with Crippen molar-refractivity contribution < 1.29 is 4.79 Å². The Morgan fingerprint density at radius 1 is 1.15 bits per heavy atom. The van der Waals surface area contributed by atoms with Crippen LogP contribution in [0.15, 0.2) is 0 Å². The highest BCUT2D eigenvalue weighted by molar-refractivity contribution is 5.79. The van der Waals surface area contributed by atoms with Crippen molar-refractivity contribution in [2.24, 2.45) is 5.92 Å². The molecule has 26 heavy (non-hydrogen) atoms. The molecule has 1 aliphatic carbocycles. The standard InChI is InChI=1S/C20H31N5O/c1-21-19-16-12-22-10-9-17(16)23-18(24-19)15-8-5-11-25(13-15)20(26)14-6-3-2-4-7-14/h14-15,22H,2-13H2,1H3,(H,21,23,24)/t15-/m0/s1. The van der Waals surface area contributed by atoms with Crippen molar-refractivity contribution in [1.29, 1.82) is 0 Å². The summed E-state index contributed by atoms with van der Waals surface area (Å²) in [7, 11) is 1.93. The normalized spacial score (nSPS) is 24.2. The van der Waals surface area contributed by atoms with Gasteiger partial charge < -0.3 is 15.5 Å². The predicted octanol–water partition coefficient (Wildman–Crippen LogP) is 2.45. The molecule has 3 aliphatic rings. The van der Waals surface area contributed by atoms with Crippen LogP contribution in [0.1, 0.15) is 67.9 Å². The fourth-order valence-corrected chi connectivity index (χ4v) is 4.75. The van der Waals surface area contributed by atoms with E-state index in [1.54, 1.807) is 0 Å². The SMILES string of the molecule is CNc1nc([C@H]2CCCN(C(=O)C3CCCCC3)C2)nc2c1CNCC2. The Hall–Kier alpha value is -1.69. The van der Waals surface area contributed by atoms with Gasteiger partial charge in [-0.2, -0.15) is 0 Å². The quantitative estimate of drug-likeness (QED) is 0.870. The Morgan fingerprint density at radius 3 is 2.81 bits per heavy atom. The molecule has 142 valence electrons. The number of aromatic nitrogens is 2. The van der Waals surface area contributed by atoms with Gasteiger partial charge in [0.25, 0.3) is 0 Å². The van der Waals surface area contributed by atoms with E-state index in [-0.39, 0.29) is 11.8 Å². The van der Waals surface area contributed by atoms with Crippen molar-refractivity contribution in [1.82, 2.24) is 20.2 Å². The zero-order valence-corrected chi connectivity index (χ0v) is 15.9. The summed E-state index contributed by atoms with van der Waals surface area (Å²) >= 11 is 0. The maximum absolute atomic E-state index is 13.0. The number of carbonyl (C=O) groups excluding carboxylic acids is 1. The topological polar surface area (TPSA) is 70.2 Å². The number of hydrogen-bond donors (Lipinski definition) is 2. The van der Waals surface area contributed by atoms with Gasteiger partial charge in [0.05, 0.1) is 5.69 Å². The van der Waals surface area contributed by atoms with Gasteiger partial charge in [0.1, 0.15) is 11.6 Å². The predicted molar refractivity (Wildman–Crippen MR) is 102 cm³/mol. The maximum Gasteiger partial charge on any atom is 0.225 e. The Labute approximate surface area is 156 Å². The lowest BCUT2D eigenvalue weighted by atomic mass is 9.87. The zero-order chi connectivity index (χ0) is 17.9. The van der Waals surface area contributed by atoms with Gasteiger partial charge in [-0.1, -0.05) is 19.3 Å². The largest absolute Gasteiger partial charge is 0.373 e. The molecular weight excluding hydrogens is 326 g/mol. The van der Waals surface area contributed by atoms with Crippen LogP contribution in [0, 0.1) is 5.92 Å². The van der Waals surface area contributed by atoms with E-state index < -0.39 is 0 Å². The summed E-state index contributed by atoms with van der Waals surface area (Å²) in [5, 5.41) is 6.65. The van der Waals surface area contributed by atoms with E-state index >= 15 is 0 Å². The zero-order valence-electron chi connectivity index (χ0n) is 15.9. The van der Waals surface area contributed by atoms with E-state index in [1.807, 2.05) is 7.05 Å². The van der Waals surface area contributed by atoms with Crippen LogP contribution in [0.4, 0.5) is 5.82 Å². The van der Waals surface area contributed by atoms with E-state index in [4.69, 9.17) is 9.97 Å². The Balaban J connectivity index is 1.51. The number of likely N-dealkylation sites (tertiary alicyclic amines) is 1. The lowest BCUT2D eigenvalue weighted by molar-refractivity contribution is -0.137. The Kier molecular flexibility index (Phi) is 5.38. The highest BCUT2D eigenvalue weighted by atomic mass is 16.2. The summed E-state index contributed by atoms with van der Waals surface area (Å²) in [6.45, 7) is 3.50. The first kappa shape index (κ1) is 17.7. The molecule has 1 aromatic heterocycles. The van der Waals surface area contributed by atoms with Gasteiger partial charge in [0.15, 0.2) is 0 Å². The third-order valence-corrected chi connectivity index (χ3v) is 6.24. The van der Waals surface area contributed by atoms with Crippen LogP contribution in [0.2, 0.25) is 0 Å². The van der Waals surface area contributed by atoms with Crippen LogP contribution >= 0.6 is 0 Å². The summed E-state index contributed by atoms with van der Waals surface area (Å²) in [4.78, 5) is 24.8. The lowest BCUT2D eigenvalue weighted by Crippen LogP contribution is -2.43. The van der Waals surface area contributed by atoms with Crippen molar-refractivity contribution in [3.05, 3.63) is 17.1 Å². The molecular formula is C20H31N5O. The van der Waals surface area contributed by atoms with Gasteiger partial charge in [0.2, 0.25) is 5.91 Å². The molecule has 0 spiro atoms. The van der Waals surface area contributed by atoms with Crippen molar-refractivity contribution in [2.45, 2.75) is 63.8 Å². The van der Waals surface area contributed by atoms with Gasteiger partial charge in [-0.15, -0.1) is 0 Å². The minimum Gasteiger partial charge on any atom is -0.373 e. The fraction of sp³-hybridized carbons (Fsp3) is 0.750. The van der Waals surface area contributed by atoms with E-state index in [0.717, 1.165) is 69.9 Å². The minimum absolute atomic E-state index is 0.255. The van der Waals surface area contributed by atoms with Gasteiger partial charge in [-0.3, -0.25) is 4.79 Å². The first-order chi connectivity index (χ1) is 12.8. The highest BCUT2D eigenvalue weighted by Gasteiger charge is 2.32. The number of hydrogen-bond acceptors (Lipinski definition) is 5. The summed E-state index contributed by atoms with van der Waals surface area (Å²) in [5.74, 6) is 2.78. The van der Waals surface area contributed by atoms with E-state index in [9.17, 15) is 4.79 Å². The molecule has 1 atom stereocenters. The molecule has 1 aromatic rings. The molecule has 0 radical (unpaired) electrons. The van der Waals surface area contributed by atoms with Crippen LogP contribution < -0.4 is 10.6 Å². The monoisotopic (exact) mass is 357 g/mol. The maximum atomic E-state index is 13.0. The number of rotatable bonds is 3. The number of amides is 1. The Morgan fingerprint density at radius 2 is 2.00 bits per heavy atom. The third-order valence-electron chi connectivity index (χ3n) is 6.24. The smallest absolute Gasteiger partial charge is 0.225 e. The third kappa shape index (κ3) is 3.56. The van der Waals surface area contributed by atoms with Crippen molar-refractivity contribution in [3.63, 3.8) is 0 Å². The first-order valence-corrected chi connectivity index (χ1v) is 10.3. The van der Waals surface area contributed by atoms with Crippen LogP contribution in [-0.4, -0.2) is 47.5 Å². The molecule has 0 aromatic carbocycles. The molecule has 2 N–H and O–H groups in total. The molecule has 0 bridgehead atoms. The summed E-state index contributed by atoms with van der Waals surface area (Å²) < 4.78 is 0. The molecule has 2 fully saturated rings. The number of carbonyl (C=O) groups is 1. The molecule has 4 rings (SSSR count). The summed E-state index contributed by atoms with van der Waals surface area (Å²) in [5.41, 5.74) is 2.38. The van der Waals surface area contributed by atoms with E-state index in [2.05, 4.69) is 15.5 Å². The van der Waals surface area contributed by atoms with Gasteiger partial charge >= 0.3 is 0 Å². The molecule has 1 saturated heterocycles. The second-order valence-electron chi connectivity index (χ2n) is 7.99. The van der Waals surface area contributed by atoms with Crippen LogP contribution in [0.3, 0.4) is 0 Å². The first-order valence-electron chi connectivity index (χ1n) is 10.3. The van der Waals surface area contributed by atoms with Crippen molar-refractivity contribution >= 4 is 11.7 Å². The summed E-state index contributed by atoms with van der Waals surface area (Å²) in [6.07, 6.45) is 8.95. The van der Waals surface area contributed by atoms with Crippen LogP contribution in [-0.2, 0) is 17.8 Å². The molecule has 6 nitrogen and oxygen atoms in total. The summed E-state index contributed by atoms with van der Waals surface area (Å²) in [6, 6.07) is 0. The minimum atomic E-state index is 0.255. The van der Waals surface area contributed by atoms with Gasteiger partial charge in [0, 0.05) is 57.0 Å². The second kappa shape index (κ2) is 7.91. The van der Waals surface area contributed by atoms with Gasteiger partial charge in [-0.25, -0.2) is 9.97 Å². The molecule has 1 amide bonds. The number of nitrogens with one attached hydrogen (secondary N) is 2. The van der Waals surface area contributed by atoms with Crippen LogP contribution in [0.25, 0.3) is 0 Å². The molecule has 6 heteroatoms. The number of nitrogens with zero attached hydrogens (tertiary/aromatic N) is 3.